The lowest BCUT2D eigenvalue weighted by atomic mass is 10.0. The summed E-state index contributed by atoms with van der Waals surface area (Å²) < 4.78 is 0. The third-order valence-electron chi connectivity index (χ3n) is 9.83. The summed E-state index contributed by atoms with van der Waals surface area (Å²) in [6.07, 6.45) is 0.0775. The molecule has 0 saturated carbocycles. The molecule has 4 aromatic carbocycles. The van der Waals surface area contributed by atoms with Gasteiger partial charge in [0.1, 0.15) is 23.6 Å². The maximum Gasteiger partial charge on any atom is 0.261 e. The lowest BCUT2D eigenvalue weighted by molar-refractivity contribution is -0.134. The lowest BCUT2D eigenvalue weighted by Crippen LogP contribution is -2.58. The Morgan fingerprint density at radius 3 is 1.09 bits per heavy atom. The highest BCUT2D eigenvalue weighted by Crippen LogP contribution is 2.12. The molecule has 4 rings (SSSR count). The Bertz CT molecular complexity index is 2090. The topological polar surface area (TPSA) is 325 Å². The number of rotatable bonds is 24. The van der Waals surface area contributed by atoms with E-state index in [1.54, 1.807) is 84.9 Å². The van der Waals surface area contributed by atoms with Gasteiger partial charge in [-0.2, -0.15) is 0 Å². The molecule has 0 radical (unpaired) electrons. The van der Waals surface area contributed by atoms with Crippen molar-refractivity contribution in [3.63, 3.8) is 0 Å². The monoisotopic (exact) mass is 908 g/mol. The highest BCUT2D eigenvalue weighted by Gasteiger charge is 2.26. The van der Waals surface area contributed by atoms with Crippen LogP contribution in [0.5, 0.6) is 11.5 Å². The highest BCUT2D eigenvalue weighted by atomic mass is 16.3. The van der Waals surface area contributed by atoms with E-state index in [1.165, 1.54) is 24.3 Å². The van der Waals surface area contributed by atoms with Crippen molar-refractivity contribution in [2.45, 2.75) is 62.7 Å². The number of nitrogens with two attached hydrogens (primary N) is 2. The number of hydrazine groups is 1. The molecular weight excluding hydrogens is 853 g/mol. The molecule has 0 aromatic heterocycles. The van der Waals surface area contributed by atoms with Gasteiger partial charge in [-0.15, -0.1) is 0 Å². The molecule has 14 N–H and O–H groups in total. The highest BCUT2D eigenvalue weighted by molar-refractivity contribution is 5.94. The normalized spacial score (nSPS) is 12.5. The fraction of sp³-hybridized carbons (Fsp3) is 0.304. The summed E-state index contributed by atoms with van der Waals surface area (Å²) in [5, 5.41) is 34.0. The van der Waals surface area contributed by atoms with Crippen molar-refractivity contribution in [2.75, 3.05) is 26.2 Å². The Hall–Kier alpha value is -7.84. The predicted molar refractivity (Wildman–Crippen MR) is 241 cm³/mol. The van der Waals surface area contributed by atoms with Gasteiger partial charge in [0.2, 0.25) is 35.4 Å². The number of carbonyl (C=O) groups is 8. The first-order chi connectivity index (χ1) is 31.6. The third kappa shape index (κ3) is 18.9. The number of carbonyl (C=O) groups excluding carboxylic acids is 8. The van der Waals surface area contributed by atoms with Crippen LogP contribution in [-0.2, 0) is 64.0 Å². The molecule has 350 valence electrons. The average Bonchev–Trinajstić information content (AvgIpc) is 3.30. The van der Waals surface area contributed by atoms with Crippen LogP contribution in [-0.4, -0.2) is 108 Å². The first-order valence-electron chi connectivity index (χ1n) is 21.1. The van der Waals surface area contributed by atoms with E-state index in [9.17, 15) is 48.6 Å². The van der Waals surface area contributed by atoms with Gasteiger partial charge in [0.25, 0.3) is 11.8 Å². The number of nitrogens with one attached hydrogen (secondary N) is 8. The van der Waals surface area contributed by atoms with Gasteiger partial charge >= 0.3 is 0 Å². The minimum Gasteiger partial charge on any atom is -0.508 e. The second-order valence-electron chi connectivity index (χ2n) is 15.2. The summed E-state index contributed by atoms with van der Waals surface area (Å²) >= 11 is 0. The van der Waals surface area contributed by atoms with E-state index in [2.05, 4.69) is 42.8 Å². The zero-order valence-electron chi connectivity index (χ0n) is 36.1. The van der Waals surface area contributed by atoms with Crippen molar-refractivity contribution in [1.29, 1.82) is 0 Å². The molecular formula is C46H56N10O10. The van der Waals surface area contributed by atoms with E-state index >= 15 is 0 Å². The number of hydrogen-bond acceptors (Lipinski definition) is 12. The van der Waals surface area contributed by atoms with Crippen LogP contribution < -0.4 is 54.2 Å². The molecule has 0 aliphatic rings. The number of amides is 8. The largest absolute Gasteiger partial charge is 0.508 e. The molecule has 0 saturated heterocycles. The van der Waals surface area contributed by atoms with E-state index in [1.807, 2.05) is 0 Å². The molecule has 66 heavy (non-hydrogen) atoms. The van der Waals surface area contributed by atoms with Crippen LogP contribution in [0.2, 0.25) is 0 Å². The summed E-state index contributed by atoms with van der Waals surface area (Å²) in [6.45, 7) is -1.14. The first-order valence-corrected chi connectivity index (χ1v) is 21.1. The molecule has 0 bridgehead atoms. The number of phenolic OH excluding ortho intramolecular Hbond substituents is 2. The van der Waals surface area contributed by atoms with Crippen LogP contribution in [0.15, 0.2) is 109 Å². The molecule has 0 unspecified atom stereocenters. The van der Waals surface area contributed by atoms with Crippen molar-refractivity contribution in [2.24, 2.45) is 11.5 Å². The Kier molecular flexibility index (Phi) is 20.6. The molecule has 0 spiro atoms. The second kappa shape index (κ2) is 26.7. The van der Waals surface area contributed by atoms with Gasteiger partial charge in [0.05, 0.1) is 25.2 Å². The van der Waals surface area contributed by atoms with E-state index in [0.29, 0.717) is 11.1 Å². The molecule has 0 aliphatic carbocycles. The maximum atomic E-state index is 13.5. The third-order valence-corrected chi connectivity index (χ3v) is 9.83. The zero-order valence-corrected chi connectivity index (χ0v) is 36.1. The van der Waals surface area contributed by atoms with Crippen molar-refractivity contribution < 1.29 is 48.6 Å². The maximum absolute atomic E-state index is 13.5. The predicted octanol–water partition coefficient (Wildman–Crippen LogP) is -1.61. The molecule has 20 nitrogen and oxygen atoms in total. The molecule has 8 amide bonds. The van der Waals surface area contributed by atoms with Crippen LogP contribution in [0.4, 0.5) is 0 Å². The van der Waals surface area contributed by atoms with E-state index < -0.39 is 84.5 Å². The fourth-order valence-corrected chi connectivity index (χ4v) is 6.26. The second-order valence-corrected chi connectivity index (χ2v) is 15.2. The van der Waals surface area contributed by atoms with Crippen molar-refractivity contribution >= 4 is 47.3 Å². The zero-order chi connectivity index (χ0) is 47.8. The number of phenols is 2. The standard InChI is InChI=1S/C46H56N10O10/c47-35(23-31-11-15-33(57)16-12-31)43(63)49-21-19-39(59)51-27-41(61)53-37(25-29-7-3-1-4-8-29)45(65)55-56-46(66)38(26-30-9-5-2-6-10-30)54-42(62)28-52-40(60)20-22-50-44(64)36(48)24-32-13-17-34(58)18-14-32/h1-18,35-38,57-58H,19-28,47-48H2,(H,49,63)(H,50,64)(H,51,59)(H,52,60)(H,53,61)(H,54,62)(H,55,65)(H,56,66)/t35-,36-,37-,38-/m0/s1. The minimum atomic E-state index is -1.23. The van der Waals surface area contributed by atoms with Gasteiger partial charge < -0.3 is 53.6 Å². The molecule has 4 aromatic rings. The van der Waals surface area contributed by atoms with Gasteiger partial charge in [0, 0.05) is 38.8 Å². The average molecular weight is 909 g/mol. The number of aromatic hydroxyl groups is 2. The summed E-state index contributed by atoms with van der Waals surface area (Å²) in [7, 11) is 0. The quantitative estimate of drug-likeness (QED) is 0.0354. The van der Waals surface area contributed by atoms with Crippen LogP contribution in [0.1, 0.15) is 35.1 Å². The van der Waals surface area contributed by atoms with Crippen LogP contribution in [0.25, 0.3) is 0 Å². The van der Waals surface area contributed by atoms with Crippen LogP contribution >= 0.6 is 0 Å². The van der Waals surface area contributed by atoms with E-state index in [-0.39, 0.29) is 63.1 Å². The van der Waals surface area contributed by atoms with Gasteiger partial charge in [-0.1, -0.05) is 84.9 Å². The first kappa shape index (κ1) is 50.8. The number of benzene rings is 4. The van der Waals surface area contributed by atoms with Gasteiger partial charge in [-0.25, -0.2) is 0 Å². The fourth-order valence-electron chi connectivity index (χ4n) is 6.26. The molecule has 0 fully saturated rings. The Morgan fingerprint density at radius 1 is 0.409 bits per heavy atom. The van der Waals surface area contributed by atoms with Gasteiger partial charge in [-0.3, -0.25) is 49.2 Å². The molecule has 20 heteroatoms. The molecule has 0 heterocycles. The van der Waals surface area contributed by atoms with E-state index in [0.717, 1.165) is 11.1 Å². The summed E-state index contributed by atoms with van der Waals surface area (Å²) in [4.78, 5) is 103. The number of hydrogen-bond donors (Lipinski definition) is 12. The van der Waals surface area contributed by atoms with Gasteiger partial charge in [0.15, 0.2) is 0 Å². The Labute approximate surface area is 381 Å². The van der Waals surface area contributed by atoms with Crippen molar-refractivity contribution in [1.82, 2.24) is 42.8 Å². The minimum absolute atomic E-state index is 0.00116. The van der Waals surface area contributed by atoms with Crippen molar-refractivity contribution in [3.05, 3.63) is 131 Å². The molecule has 4 atom stereocenters. The summed E-state index contributed by atoms with van der Waals surface area (Å²) in [6, 6.07) is 25.6. The summed E-state index contributed by atoms with van der Waals surface area (Å²) in [5.41, 5.74) is 19.4. The van der Waals surface area contributed by atoms with Crippen LogP contribution in [0.3, 0.4) is 0 Å². The Balaban J connectivity index is 1.24. The van der Waals surface area contributed by atoms with E-state index in [4.69, 9.17) is 11.5 Å². The lowest BCUT2D eigenvalue weighted by Gasteiger charge is -2.22. The smallest absolute Gasteiger partial charge is 0.261 e. The summed E-state index contributed by atoms with van der Waals surface area (Å²) in [5.74, 6) is -5.02. The molecule has 0 aliphatic heterocycles. The SMILES string of the molecule is N[C@@H](Cc1ccc(O)cc1)C(=O)NCCC(=O)NCC(=O)N[C@@H](Cc1ccccc1)C(=O)NNC(=O)[C@H](Cc1ccccc1)NC(=O)CNC(=O)CCNC(=O)[C@@H](N)Cc1ccc(O)cc1. The van der Waals surface area contributed by atoms with Crippen LogP contribution in [0, 0.1) is 0 Å². The Morgan fingerprint density at radius 2 is 0.742 bits per heavy atom. The van der Waals surface area contributed by atoms with Crippen molar-refractivity contribution in [3.8, 4) is 11.5 Å². The van der Waals surface area contributed by atoms with Gasteiger partial charge in [-0.05, 0) is 59.4 Å².